The highest BCUT2D eigenvalue weighted by atomic mass is 16.5. The Morgan fingerprint density at radius 2 is 2.32 bits per heavy atom. The van der Waals surface area contributed by atoms with Crippen LogP contribution in [0.5, 0.6) is 5.75 Å². The van der Waals surface area contributed by atoms with Crippen LogP contribution in [0.15, 0.2) is 29.0 Å². The molecule has 1 saturated carbocycles. The van der Waals surface area contributed by atoms with E-state index in [0.717, 1.165) is 43.5 Å². The molecule has 2 aliphatic rings. The van der Waals surface area contributed by atoms with Gasteiger partial charge < -0.3 is 9.26 Å². The van der Waals surface area contributed by atoms with Crippen molar-refractivity contribution in [2.75, 3.05) is 13.1 Å². The molecule has 4 rings (SSSR count). The molecule has 1 saturated heterocycles. The molecule has 116 valence electrons. The summed E-state index contributed by atoms with van der Waals surface area (Å²) in [6, 6.07) is 3.90. The van der Waals surface area contributed by atoms with Crippen molar-refractivity contribution in [2.45, 2.75) is 32.4 Å². The van der Waals surface area contributed by atoms with E-state index in [1.807, 2.05) is 19.1 Å². The van der Waals surface area contributed by atoms with E-state index in [1.54, 1.807) is 12.4 Å². The number of ether oxygens (including phenoxy) is 1. The average molecular weight is 300 g/mol. The second-order valence-electron chi connectivity index (χ2n) is 6.27. The van der Waals surface area contributed by atoms with Gasteiger partial charge in [-0.15, -0.1) is 0 Å². The number of aromatic nitrogens is 3. The Labute approximate surface area is 129 Å². The van der Waals surface area contributed by atoms with Gasteiger partial charge in [0.1, 0.15) is 11.9 Å². The lowest BCUT2D eigenvalue weighted by Crippen LogP contribution is -2.28. The van der Waals surface area contributed by atoms with Crippen LogP contribution in [0, 0.1) is 18.8 Å². The average Bonchev–Trinajstić information content (AvgIpc) is 3.19. The molecule has 6 heteroatoms. The third-order valence-corrected chi connectivity index (χ3v) is 4.72. The summed E-state index contributed by atoms with van der Waals surface area (Å²) in [5.74, 6) is 3.60. The summed E-state index contributed by atoms with van der Waals surface area (Å²) in [5.41, 5.74) is 0. The van der Waals surface area contributed by atoms with E-state index in [9.17, 15) is 0 Å². The van der Waals surface area contributed by atoms with Crippen molar-refractivity contribution >= 4 is 0 Å². The van der Waals surface area contributed by atoms with Gasteiger partial charge in [0.15, 0.2) is 5.82 Å². The van der Waals surface area contributed by atoms with Gasteiger partial charge in [0, 0.05) is 32.1 Å². The van der Waals surface area contributed by atoms with Crippen LogP contribution in [0.4, 0.5) is 0 Å². The van der Waals surface area contributed by atoms with Gasteiger partial charge in [0.25, 0.3) is 0 Å². The Kier molecular flexibility index (Phi) is 3.54. The molecule has 3 atom stereocenters. The van der Waals surface area contributed by atoms with Crippen LogP contribution in [-0.4, -0.2) is 39.2 Å². The van der Waals surface area contributed by atoms with E-state index < -0.39 is 0 Å². The lowest BCUT2D eigenvalue weighted by atomic mass is 9.99. The number of likely N-dealkylation sites (tertiary alicyclic amines) is 1. The molecule has 0 radical (unpaired) electrons. The van der Waals surface area contributed by atoms with Gasteiger partial charge in [0.2, 0.25) is 5.89 Å². The second-order valence-corrected chi connectivity index (χ2v) is 6.27. The molecule has 2 fully saturated rings. The molecule has 22 heavy (non-hydrogen) atoms. The van der Waals surface area contributed by atoms with Gasteiger partial charge in [-0.1, -0.05) is 5.16 Å². The zero-order valence-electron chi connectivity index (χ0n) is 12.7. The normalized spacial score (nSPS) is 28.0. The highest BCUT2D eigenvalue weighted by Gasteiger charge is 2.44. The maximum absolute atomic E-state index is 6.15. The minimum absolute atomic E-state index is 0.297. The Morgan fingerprint density at radius 3 is 3.09 bits per heavy atom. The van der Waals surface area contributed by atoms with E-state index in [0.29, 0.717) is 17.9 Å². The Morgan fingerprint density at radius 1 is 1.36 bits per heavy atom. The number of fused-ring (bicyclic) bond motifs is 1. The van der Waals surface area contributed by atoms with Crippen molar-refractivity contribution in [1.82, 2.24) is 20.0 Å². The van der Waals surface area contributed by atoms with Crippen LogP contribution in [0.3, 0.4) is 0 Å². The zero-order valence-corrected chi connectivity index (χ0v) is 12.7. The molecular formula is C16H20N4O2. The molecule has 0 spiro atoms. The van der Waals surface area contributed by atoms with Crippen LogP contribution in [0.25, 0.3) is 0 Å². The van der Waals surface area contributed by atoms with Gasteiger partial charge >= 0.3 is 0 Å². The van der Waals surface area contributed by atoms with Crippen molar-refractivity contribution in [1.29, 1.82) is 0 Å². The summed E-state index contributed by atoms with van der Waals surface area (Å²) in [5, 5.41) is 3.99. The molecule has 6 nitrogen and oxygen atoms in total. The van der Waals surface area contributed by atoms with Crippen LogP contribution in [-0.2, 0) is 6.54 Å². The first-order chi connectivity index (χ1) is 10.8. The lowest BCUT2D eigenvalue weighted by Gasteiger charge is -2.21. The largest absolute Gasteiger partial charge is 0.488 e. The van der Waals surface area contributed by atoms with Gasteiger partial charge in [0.05, 0.1) is 12.7 Å². The Hall–Kier alpha value is -1.95. The lowest BCUT2D eigenvalue weighted by molar-refractivity contribution is 0.146. The van der Waals surface area contributed by atoms with Crippen LogP contribution in [0.1, 0.15) is 24.6 Å². The fourth-order valence-corrected chi connectivity index (χ4v) is 3.78. The van der Waals surface area contributed by atoms with Gasteiger partial charge in [-0.2, -0.15) is 4.98 Å². The topological polar surface area (TPSA) is 64.3 Å². The van der Waals surface area contributed by atoms with Crippen molar-refractivity contribution in [3.63, 3.8) is 0 Å². The number of aryl methyl sites for hydroxylation is 1. The SMILES string of the molecule is Cc1nc(CN2C[C@H]3CC[C@@H](Oc4cccnc4)[C@H]3C2)no1. The summed E-state index contributed by atoms with van der Waals surface area (Å²) in [6.07, 6.45) is 6.24. The summed E-state index contributed by atoms with van der Waals surface area (Å²) < 4.78 is 11.2. The fourth-order valence-electron chi connectivity index (χ4n) is 3.78. The minimum atomic E-state index is 0.297. The molecule has 2 aromatic rings. The highest BCUT2D eigenvalue weighted by molar-refractivity contribution is 5.16. The highest BCUT2D eigenvalue weighted by Crippen LogP contribution is 2.40. The number of rotatable bonds is 4. The maximum atomic E-state index is 6.15. The predicted molar refractivity (Wildman–Crippen MR) is 79.2 cm³/mol. The van der Waals surface area contributed by atoms with Crippen molar-refractivity contribution in [2.24, 2.45) is 11.8 Å². The Balaban J connectivity index is 1.38. The van der Waals surface area contributed by atoms with Crippen molar-refractivity contribution in [3.05, 3.63) is 36.2 Å². The molecule has 3 heterocycles. The summed E-state index contributed by atoms with van der Waals surface area (Å²) in [7, 11) is 0. The molecule has 2 aromatic heterocycles. The smallest absolute Gasteiger partial charge is 0.223 e. The van der Waals surface area contributed by atoms with E-state index in [1.165, 1.54) is 6.42 Å². The van der Waals surface area contributed by atoms with E-state index in [-0.39, 0.29) is 0 Å². The molecule has 0 N–H and O–H groups in total. The summed E-state index contributed by atoms with van der Waals surface area (Å²) in [6.45, 7) is 4.74. The van der Waals surface area contributed by atoms with Gasteiger partial charge in [-0.3, -0.25) is 9.88 Å². The second kappa shape index (κ2) is 5.68. The third-order valence-electron chi connectivity index (χ3n) is 4.72. The summed E-state index contributed by atoms with van der Waals surface area (Å²) in [4.78, 5) is 10.8. The van der Waals surface area contributed by atoms with Gasteiger partial charge in [-0.05, 0) is 30.9 Å². The summed E-state index contributed by atoms with van der Waals surface area (Å²) >= 11 is 0. The minimum Gasteiger partial charge on any atom is -0.488 e. The first-order valence-corrected chi connectivity index (χ1v) is 7.86. The predicted octanol–water partition coefficient (Wildman–Crippen LogP) is 2.06. The zero-order chi connectivity index (χ0) is 14.9. The maximum Gasteiger partial charge on any atom is 0.223 e. The molecular weight excluding hydrogens is 280 g/mol. The number of hydrogen-bond acceptors (Lipinski definition) is 6. The molecule has 0 amide bonds. The molecule has 1 aliphatic heterocycles. The monoisotopic (exact) mass is 300 g/mol. The van der Waals surface area contributed by atoms with Gasteiger partial charge in [-0.25, -0.2) is 0 Å². The van der Waals surface area contributed by atoms with E-state index in [4.69, 9.17) is 9.26 Å². The van der Waals surface area contributed by atoms with Crippen LogP contribution >= 0.6 is 0 Å². The van der Waals surface area contributed by atoms with E-state index >= 15 is 0 Å². The number of hydrogen-bond donors (Lipinski definition) is 0. The van der Waals surface area contributed by atoms with Crippen LogP contribution < -0.4 is 4.74 Å². The first kappa shape index (κ1) is 13.7. The first-order valence-electron chi connectivity index (χ1n) is 7.86. The Bertz CT molecular complexity index is 630. The molecule has 1 aliphatic carbocycles. The molecule has 0 bridgehead atoms. The van der Waals surface area contributed by atoms with Crippen molar-refractivity contribution < 1.29 is 9.26 Å². The van der Waals surface area contributed by atoms with Crippen LogP contribution in [0.2, 0.25) is 0 Å². The molecule has 0 aromatic carbocycles. The van der Waals surface area contributed by atoms with Crippen molar-refractivity contribution in [3.8, 4) is 5.75 Å². The molecule has 0 unspecified atom stereocenters. The standard InChI is InChI=1S/C16H20N4O2/c1-11-18-16(19-22-11)10-20-8-12-4-5-15(14(12)9-20)21-13-3-2-6-17-7-13/h2-3,6-7,12,14-15H,4-5,8-10H2,1H3/t12-,14+,15-/m1/s1. The van der Waals surface area contributed by atoms with E-state index in [2.05, 4.69) is 20.0 Å². The number of nitrogens with zero attached hydrogens (tertiary/aromatic N) is 4. The quantitative estimate of drug-likeness (QED) is 0.861. The number of pyridine rings is 1. The fraction of sp³-hybridized carbons (Fsp3) is 0.562. The third kappa shape index (κ3) is 2.70.